The molecule has 0 heterocycles. The van der Waals surface area contributed by atoms with Crippen LogP contribution in [-0.2, 0) is 19.7 Å². The molecule has 0 aliphatic rings. The van der Waals surface area contributed by atoms with Gasteiger partial charge in [0.15, 0.2) is 0 Å². The van der Waals surface area contributed by atoms with E-state index in [-0.39, 0.29) is 0 Å². The molecule has 2 nitrogen and oxygen atoms in total. The van der Waals surface area contributed by atoms with Crippen LogP contribution in [0.25, 0.3) is 0 Å². The fourth-order valence-corrected chi connectivity index (χ4v) is 2.66. The van der Waals surface area contributed by atoms with Crippen molar-refractivity contribution in [3.63, 3.8) is 0 Å². The Balaban J connectivity index is 1.46. The number of halogens is 1. The summed E-state index contributed by atoms with van der Waals surface area (Å²) in [5, 5.41) is 4.20. The van der Waals surface area contributed by atoms with Crippen LogP contribution >= 0.6 is 11.6 Å². The molecule has 0 bridgehead atoms. The van der Waals surface area contributed by atoms with Gasteiger partial charge in [-0.2, -0.15) is 0 Å². The SMILES string of the molecule is Clc1cccc(CNCc2ccc(OCc3ccccc3)cc2)c1. The van der Waals surface area contributed by atoms with Gasteiger partial charge in [-0.15, -0.1) is 0 Å². The summed E-state index contributed by atoms with van der Waals surface area (Å²) in [4.78, 5) is 0. The second-order valence-corrected chi connectivity index (χ2v) is 6.09. The van der Waals surface area contributed by atoms with Gasteiger partial charge >= 0.3 is 0 Å². The van der Waals surface area contributed by atoms with Crippen LogP contribution in [0.1, 0.15) is 16.7 Å². The smallest absolute Gasteiger partial charge is 0.119 e. The van der Waals surface area contributed by atoms with Gasteiger partial charge in [-0.25, -0.2) is 0 Å². The van der Waals surface area contributed by atoms with E-state index >= 15 is 0 Å². The molecular weight excluding hydrogens is 318 g/mol. The van der Waals surface area contributed by atoms with Gasteiger partial charge in [0.1, 0.15) is 12.4 Å². The van der Waals surface area contributed by atoms with E-state index in [1.807, 2.05) is 48.5 Å². The summed E-state index contributed by atoms with van der Waals surface area (Å²) in [6.45, 7) is 2.20. The molecule has 0 aliphatic carbocycles. The van der Waals surface area contributed by atoms with Crippen LogP contribution in [0, 0.1) is 0 Å². The van der Waals surface area contributed by atoms with Crippen molar-refractivity contribution in [2.75, 3.05) is 0 Å². The molecule has 0 aromatic heterocycles. The van der Waals surface area contributed by atoms with E-state index in [0.717, 1.165) is 23.9 Å². The van der Waals surface area contributed by atoms with Crippen molar-refractivity contribution >= 4 is 11.6 Å². The lowest BCUT2D eigenvalue weighted by molar-refractivity contribution is 0.306. The highest BCUT2D eigenvalue weighted by molar-refractivity contribution is 6.30. The van der Waals surface area contributed by atoms with Crippen LogP contribution in [0.3, 0.4) is 0 Å². The number of rotatable bonds is 7. The summed E-state index contributed by atoms with van der Waals surface area (Å²) in [5.41, 5.74) is 3.58. The third-order valence-corrected chi connectivity index (χ3v) is 3.95. The topological polar surface area (TPSA) is 21.3 Å². The van der Waals surface area contributed by atoms with Crippen LogP contribution in [0.15, 0.2) is 78.9 Å². The molecular formula is C21H20ClNO. The molecule has 0 fully saturated rings. The largest absolute Gasteiger partial charge is 0.489 e. The molecule has 0 amide bonds. The first-order chi connectivity index (χ1) is 11.8. The van der Waals surface area contributed by atoms with Crippen molar-refractivity contribution in [3.05, 3.63) is 101 Å². The predicted molar refractivity (Wildman–Crippen MR) is 99.2 cm³/mol. The maximum Gasteiger partial charge on any atom is 0.119 e. The van der Waals surface area contributed by atoms with E-state index in [1.54, 1.807) is 0 Å². The fourth-order valence-electron chi connectivity index (χ4n) is 2.44. The highest BCUT2D eigenvalue weighted by atomic mass is 35.5. The Labute approximate surface area is 148 Å². The van der Waals surface area contributed by atoms with Crippen LogP contribution < -0.4 is 10.1 Å². The molecule has 0 spiro atoms. The minimum Gasteiger partial charge on any atom is -0.489 e. The number of ether oxygens (including phenoxy) is 1. The first-order valence-electron chi connectivity index (χ1n) is 8.00. The van der Waals surface area contributed by atoms with Crippen LogP contribution in [0.5, 0.6) is 5.75 Å². The van der Waals surface area contributed by atoms with Crippen molar-refractivity contribution in [1.82, 2.24) is 5.32 Å². The van der Waals surface area contributed by atoms with E-state index in [9.17, 15) is 0 Å². The van der Waals surface area contributed by atoms with Crippen LogP contribution in [-0.4, -0.2) is 0 Å². The van der Waals surface area contributed by atoms with Gasteiger partial charge < -0.3 is 10.1 Å². The maximum absolute atomic E-state index is 5.99. The summed E-state index contributed by atoms with van der Waals surface area (Å²) in [5.74, 6) is 0.887. The van der Waals surface area contributed by atoms with Gasteiger partial charge in [-0.05, 0) is 41.0 Å². The number of nitrogens with one attached hydrogen (secondary N) is 1. The van der Waals surface area contributed by atoms with E-state index in [4.69, 9.17) is 16.3 Å². The Hall–Kier alpha value is -2.29. The summed E-state index contributed by atoms with van der Waals surface area (Å²) in [6.07, 6.45) is 0. The second kappa shape index (κ2) is 8.53. The normalized spacial score (nSPS) is 10.5. The predicted octanol–water partition coefficient (Wildman–Crippen LogP) is 5.21. The summed E-state index contributed by atoms with van der Waals surface area (Å²) < 4.78 is 5.80. The zero-order valence-electron chi connectivity index (χ0n) is 13.4. The molecule has 0 unspecified atom stereocenters. The van der Waals surface area contributed by atoms with Crippen LogP contribution in [0.4, 0.5) is 0 Å². The molecule has 0 radical (unpaired) electrons. The Morgan fingerprint density at radius 3 is 2.17 bits per heavy atom. The minimum absolute atomic E-state index is 0.590. The maximum atomic E-state index is 5.99. The van der Waals surface area contributed by atoms with Gasteiger partial charge in [0.2, 0.25) is 0 Å². The molecule has 3 aromatic carbocycles. The standard InChI is InChI=1S/C21H20ClNO/c22-20-8-4-7-19(13-20)15-23-14-17-9-11-21(12-10-17)24-16-18-5-2-1-3-6-18/h1-13,23H,14-16H2. The van der Waals surface area contributed by atoms with Crippen molar-refractivity contribution in [1.29, 1.82) is 0 Å². The van der Waals surface area contributed by atoms with Gasteiger partial charge in [0, 0.05) is 18.1 Å². The molecule has 0 saturated carbocycles. The van der Waals surface area contributed by atoms with Gasteiger partial charge in [0.25, 0.3) is 0 Å². The van der Waals surface area contributed by atoms with Gasteiger partial charge in [0.05, 0.1) is 0 Å². The van der Waals surface area contributed by atoms with Gasteiger partial charge in [-0.1, -0.05) is 66.2 Å². The van der Waals surface area contributed by atoms with Crippen molar-refractivity contribution in [3.8, 4) is 5.75 Å². The lowest BCUT2D eigenvalue weighted by Crippen LogP contribution is -2.12. The zero-order valence-corrected chi connectivity index (χ0v) is 14.2. The average molecular weight is 338 g/mol. The lowest BCUT2D eigenvalue weighted by Gasteiger charge is -2.08. The van der Waals surface area contributed by atoms with Crippen molar-refractivity contribution < 1.29 is 4.74 Å². The second-order valence-electron chi connectivity index (χ2n) is 5.65. The molecule has 3 aromatic rings. The third kappa shape index (κ3) is 5.12. The van der Waals surface area contributed by atoms with E-state index < -0.39 is 0 Å². The minimum atomic E-state index is 0.590. The number of hydrogen-bond donors (Lipinski definition) is 1. The third-order valence-electron chi connectivity index (χ3n) is 3.72. The van der Waals surface area contributed by atoms with E-state index in [0.29, 0.717) is 6.61 Å². The Bertz CT molecular complexity index is 756. The van der Waals surface area contributed by atoms with Gasteiger partial charge in [-0.3, -0.25) is 0 Å². The molecule has 0 saturated heterocycles. The monoisotopic (exact) mass is 337 g/mol. The average Bonchev–Trinajstić information content (AvgIpc) is 2.62. The number of benzene rings is 3. The number of hydrogen-bond acceptors (Lipinski definition) is 2. The molecule has 0 aliphatic heterocycles. The Morgan fingerprint density at radius 2 is 1.42 bits per heavy atom. The summed E-state index contributed by atoms with van der Waals surface area (Å²) in [7, 11) is 0. The Morgan fingerprint density at radius 1 is 0.708 bits per heavy atom. The molecule has 3 heteroatoms. The first kappa shape index (κ1) is 16.6. The fraction of sp³-hybridized carbons (Fsp3) is 0.143. The van der Waals surface area contributed by atoms with Crippen molar-refractivity contribution in [2.24, 2.45) is 0 Å². The van der Waals surface area contributed by atoms with Crippen LogP contribution in [0.2, 0.25) is 5.02 Å². The first-order valence-corrected chi connectivity index (χ1v) is 8.38. The lowest BCUT2D eigenvalue weighted by atomic mass is 10.2. The molecule has 24 heavy (non-hydrogen) atoms. The highest BCUT2D eigenvalue weighted by Gasteiger charge is 1.98. The highest BCUT2D eigenvalue weighted by Crippen LogP contribution is 2.15. The quantitative estimate of drug-likeness (QED) is 0.639. The Kier molecular flexibility index (Phi) is 5.89. The zero-order chi connectivity index (χ0) is 16.6. The van der Waals surface area contributed by atoms with E-state index in [1.165, 1.54) is 16.7 Å². The molecule has 122 valence electrons. The molecule has 1 N–H and O–H groups in total. The molecule has 0 atom stereocenters. The van der Waals surface area contributed by atoms with E-state index in [2.05, 4.69) is 35.6 Å². The summed E-state index contributed by atoms with van der Waals surface area (Å²) in [6, 6.07) is 26.3. The summed E-state index contributed by atoms with van der Waals surface area (Å²) >= 11 is 5.99. The molecule has 3 rings (SSSR count). The van der Waals surface area contributed by atoms with Crippen molar-refractivity contribution in [2.45, 2.75) is 19.7 Å².